The zero-order chi connectivity index (χ0) is 31.7. The van der Waals surface area contributed by atoms with Crippen molar-refractivity contribution in [3.63, 3.8) is 0 Å². The summed E-state index contributed by atoms with van der Waals surface area (Å²) < 4.78 is 55.0. The van der Waals surface area contributed by atoms with Crippen molar-refractivity contribution in [3.8, 4) is 5.75 Å². The second-order valence-corrected chi connectivity index (χ2v) is 12.8. The van der Waals surface area contributed by atoms with Crippen LogP contribution in [0.25, 0.3) is 0 Å². The van der Waals surface area contributed by atoms with Gasteiger partial charge in [-0.1, -0.05) is 11.6 Å². The zero-order valence-electron chi connectivity index (χ0n) is 25.9. The lowest BCUT2D eigenvalue weighted by Crippen LogP contribution is -2.62. The summed E-state index contributed by atoms with van der Waals surface area (Å²) in [5, 5.41) is 8.47. The molecule has 2 aromatic rings. The molecule has 1 aromatic heterocycles. The minimum Gasteiger partial charge on any atom is -0.491 e. The van der Waals surface area contributed by atoms with Crippen molar-refractivity contribution in [2.45, 2.75) is 83.1 Å². The fraction of sp³-hybridized carbons (Fsp3) is 0.677. The smallest absolute Gasteiger partial charge is 0.416 e. The Morgan fingerprint density at radius 1 is 1.02 bits per heavy atom. The predicted octanol–water partition coefficient (Wildman–Crippen LogP) is 2.90. The number of carbonyl (C=O) groups excluding carboxylic acids is 2. The number of benzene rings is 1. The van der Waals surface area contributed by atoms with Crippen LogP contribution in [0.2, 0.25) is 0 Å². The number of carbonyl (C=O) groups is 2. The van der Waals surface area contributed by atoms with E-state index in [9.17, 15) is 22.8 Å². The van der Waals surface area contributed by atoms with Crippen LogP contribution < -0.4 is 4.74 Å². The van der Waals surface area contributed by atoms with Crippen molar-refractivity contribution in [2.24, 2.45) is 0 Å². The highest BCUT2D eigenvalue weighted by atomic mass is 19.4. The first kappa shape index (κ1) is 31.7. The lowest BCUT2D eigenvalue weighted by atomic mass is 10.0. The maximum atomic E-state index is 14.1. The van der Waals surface area contributed by atoms with E-state index in [1.807, 2.05) is 6.20 Å². The quantitative estimate of drug-likeness (QED) is 0.460. The minimum absolute atomic E-state index is 0.0602. The van der Waals surface area contributed by atoms with Gasteiger partial charge >= 0.3 is 6.18 Å². The molecule has 0 bridgehead atoms. The number of nitrogens with zero attached hydrogens (tertiary/aromatic N) is 7. The number of piperidine rings is 1. The largest absolute Gasteiger partial charge is 0.491 e. The third-order valence-corrected chi connectivity index (χ3v) is 9.45. The normalized spacial score (nSPS) is 25.2. The molecule has 0 unspecified atom stereocenters. The van der Waals surface area contributed by atoms with Gasteiger partial charge < -0.3 is 24.2 Å². The van der Waals surface area contributed by atoms with E-state index in [0.29, 0.717) is 25.3 Å². The summed E-state index contributed by atoms with van der Waals surface area (Å²) in [5.41, 5.74) is -0.513. The maximum absolute atomic E-state index is 14.1. The van der Waals surface area contributed by atoms with E-state index in [1.165, 1.54) is 30.2 Å². The molecule has 246 valence electrons. The number of piperazine rings is 1. The van der Waals surface area contributed by atoms with Gasteiger partial charge in [-0.3, -0.25) is 19.2 Å². The van der Waals surface area contributed by atoms with E-state index in [1.54, 1.807) is 9.58 Å². The molecule has 2 amide bonds. The van der Waals surface area contributed by atoms with E-state index in [0.717, 1.165) is 38.3 Å². The molecule has 0 saturated carbocycles. The van der Waals surface area contributed by atoms with Crippen LogP contribution in [0.3, 0.4) is 0 Å². The van der Waals surface area contributed by atoms with Crippen molar-refractivity contribution in [2.75, 3.05) is 52.4 Å². The van der Waals surface area contributed by atoms with Crippen LogP contribution in [0.15, 0.2) is 24.4 Å². The monoisotopic (exact) mass is 633 g/mol. The summed E-state index contributed by atoms with van der Waals surface area (Å²) >= 11 is 0. The van der Waals surface area contributed by atoms with E-state index in [2.05, 4.69) is 34.0 Å². The van der Waals surface area contributed by atoms with Crippen LogP contribution in [0.5, 0.6) is 5.75 Å². The number of aromatic nitrogens is 3. The molecule has 1 aromatic carbocycles. The highest BCUT2D eigenvalue weighted by Crippen LogP contribution is 2.36. The fourth-order valence-electron chi connectivity index (χ4n) is 6.83. The Hall–Kier alpha value is -3.23. The summed E-state index contributed by atoms with van der Waals surface area (Å²) in [4.78, 5) is 35.8. The lowest BCUT2D eigenvalue weighted by Gasteiger charge is -2.44. The zero-order valence-corrected chi connectivity index (χ0v) is 25.9. The number of rotatable bonds is 7. The second-order valence-electron chi connectivity index (χ2n) is 12.8. The van der Waals surface area contributed by atoms with Crippen LogP contribution in [0.1, 0.15) is 61.1 Å². The van der Waals surface area contributed by atoms with Crippen LogP contribution in [0, 0.1) is 0 Å². The van der Waals surface area contributed by atoms with Gasteiger partial charge in [0, 0.05) is 45.2 Å². The van der Waals surface area contributed by atoms with Crippen molar-refractivity contribution >= 4 is 11.8 Å². The van der Waals surface area contributed by atoms with Gasteiger partial charge in [0.1, 0.15) is 24.1 Å². The Kier molecular flexibility index (Phi) is 9.34. The fourth-order valence-corrected chi connectivity index (χ4v) is 6.83. The standard InChI is InChI=1S/C31H42F3N7O4/c1-21(2)38-11-13-40-24(17-38)20-45-28-7-6-22(31(32,33)34)14-26(28)29(42)41-18-25(15-27(41)30(40)43)44-19-23-16-39(36-35-23)12-10-37-8-4-3-5-9-37/h6-7,14,16,21,24-25,27H,3-5,8-13,15,17-20H2,1-2H3/t24-,25+,27-/m0/s1. The topological polar surface area (TPSA) is 96.3 Å². The van der Waals surface area contributed by atoms with Gasteiger partial charge in [-0.15, -0.1) is 5.10 Å². The average molecular weight is 634 g/mol. The Morgan fingerprint density at radius 2 is 1.82 bits per heavy atom. The second kappa shape index (κ2) is 13.2. The highest BCUT2D eigenvalue weighted by Gasteiger charge is 2.46. The third-order valence-electron chi connectivity index (χ3n) is 9.45. The van der Waals surface area contributed by atoms with Gasteiger partial charge in [0.15, 0.2) is 0 Å². The molecule has 0 radical (unpaired) electrons. The summed E-state index contributed by atoms with van der Waals surface area (Å²) in [6.45, 7) is 9.98. The molecule has 11 nitrogen and oxygen atoms in total. The van der Waals surface area contributed by atoms with E-state index in [-0.39, 0.29) is 55.5 Å². The number of amides is 2. The number of fused-ring (bicyclic) bond motifs is 3. The van der Waals surface area contributed by atoms with E-state index >= 15 is 0 Å². The molecule has 45 heavy (non-hydrogen) atoms. The summed E-state index contributed by atoms with van der Waals surface area (Å²) in [7, 11) is 0. The summed E-state index contributed by atoms with van der Waals surface area (Å²) in [5.74, 6) is -0.831. The third kappa shape index (κ3) is 7.12. The number of hydrogen-bond donors (Lipinski definition) is 0. The van der Waals surface area contributed by atoms with E-state index in [4.69, 9.17) is 9.47 Å². The molecular weight excluding hydrogens is 591 g/mol. The number of halogens is 3. The van der Waals surface area contributed by atoms with Gasteiger partial charge in [0.05, 0.1) is 42.6 Å². The Morgan fingerprint density at radius 3 is 2.58 bits per heavy atom. The average Bonchev–Trinajstić information content (AvgIpc) is 3.68. The van der Waals surface area contributed by atoms with Gasteiger partial charge in [-0.2, -0.15) is 13.2 Å². The molecule has 14 heteroatoms. The van der Waals surface area contributed by atoms with Crippen molar-refractivity contribution in [1.29, 1.82) is 0 Å². The first-order chi connectivity index (χ1) is 21.6. The summed E-state index contributed by atoms with van der Waals surface area (Å²) in [6, 6.07) is 2.03. The van der Waals surface area contributed by atoms with Gasteiger partial charge in [-0.05, 0) is 58.0 Å². The first-order valence-electron chi connectivity index (χ1n) is 16.0. The van der Waals surface area contributed by atoms with Crippen LogP contribution >= 0.6 is 0 Å². The highest BCUT2D eigenvalue weighted by molar-refractivity contribution is 6.00. The number of likely N-dealkylation sites (tertiary alicyclic amines) is 1. The van der Waals surface area contributed by atoms with Crippen LogP contribution in [-0.2, 0) is 28.9 Å². The van der Waals surface area contributed by atoms with E-state index < -0.39 is 29.8 Å². The molecule has 0 N–H and O–H groups in total. The maximum Gasteiger partial charge on any atom is 0.416 e. The van der Waals surface area contributed by atoms with Gasteiger partial charge in [-0.25, -0.2) is 0 Å². The molecule has 4 aliphatic heterocycles. The van der Waals surface area contributed by atoms with Crippen LogP contribution in [-0.4, -0.2) is 123 Å². The number of alkyl halides is 3. The molecule has 3 fully saturated rings. The number of hydrogen-bond acceptors (Lipinski definition) is 8. The Balaban J connectivity index is 1.20. The molecule has 3 saturated heterocycles. The Labute approximate surface area is 261 Å². The Bertz CT molecular complexity index is 1360. The van der Waals surface area contributed by atoms with Gasteiger partial charge in [0.25, 0.3) is 5.91 Å². The molecular formula is C31H42F3N7O4. The lowest BCUT2D eigenvalue weighted by molar-refractivity contribution is -0.142. The van der Waals surface area contributed by atoms with Crippen molar-refractivity contribution in [1.82, 2.24) is 34.6 Å². The molecule has 5 heterocycles. The molecule has 0 spiro atoms. The molecule has 4 aliphatic rings. The SMILES string of the molecule is CC(C)N1CCN2C(=O)[C@@H]3C[C@@H](OCc4cn(CCN5CCCCC5)nn4)CN3C(=O)c3cc(C(F)(F)F)ccc3OC[C@@H]2C1. The molecule has 3 atom stereocenters. The molecule has 6 rings (SSSR count). The number of ether oxygens (including phenoxy) is 2. The minimum atomic E-state index is -4.64. The van der Waals surface area contributed by atoms with Crippen LogP contribution in [0.4, 0.5) is 13.2 Å². The van der Waals surface area contributed by atoms with Crippen molar-refractivity contribution in [3.05, 3.63) is 41.2 Å². The molecule has 0 aliphatic carbocycles. The first-order valence-corrected chi connectivity index (χ1v) is 16.0. The van der Waals surface area contributed by atoms with Crippen molar-refractivity contribution < 1.29 is 32.2 Å². The summed E-state index contributed by atoms with van der Waals surface area (Å²) in [6.07, 6.45) is 0.655. The van der Waals surface area contributed by atoms with Gasteiger partial charge in [0.2, 0.25) is 5.91 Å². The predicted molar refractivity (Wildman–Crippen MR) is 157 cm³/mol.